The molecule has 2 aromatic carbocycles. The van der Waals surface area contributed by atoms with Crippen molar-refractivity contribution in [2.24, 2.45) is 5.92 Å². The number of sulfonamides is 2. The summed E-state index contributed by atoms with van der Waals surface area (Å²) >= 11 is 5.60. The Morgan fingerprint density at radius 2 is 1.16 bits per heavy atom. The number of nitrogens with one attached hydrogen (secondary N) is 3. The molecular formula is C45H62ClF2N11O9S2. The first-order valence-electron chi connectivity index (χ1n) is 22.7. The van der Waals surface area contributed by atoms with E-state index in [-0.39, 0.29) is 99.4 Å². The van der Waals surface area contributed by atoms with Gasteiger partial charge in [-0.1, -0.05) is 13.8 Å². The van der Waals surface area contributed by atoms with Crippen LogP contribution in [0.25, 0.3) is 0 Å². The Balaban J connectivity index is 0.000000265. The zero-order valence-corrected chi connectivity index (χ0v) is 41.9. The summed E-state index contributed by atoms with van der Waals surface area (Å²) in [4.78, 5) is 42.4. The highest BCUT2D eigenvalue weighted by atomic mass is 35.5. The quantitative estimate of drug-likeness (QED) is 0.0370. The number of benzene rings is 2. The number of piperidine rings is 2. The summed E-state index contributed by atoms with van der Waals surface area (Å²) in [5, 5.41) is 18.9. The number of ketones is 2. The van der Waals surface area contributed by atoms with E-state index in [1.807, 2.05) is 13.8 Å². The molecule has 2 aliphatic heterocycles. The Bertz CT molecular complexity index is 2640. The summed E-state index contributed by atoms with van der Waals surface area (Å²) in [6, 6.07) is 7.09. The van der Waals surface area contributed by atoms with E-state index < -0.39 is 43.2 Å². The minimum atomic E-state index is -3.38. The number of carbonyl (C=O) groups excluding carboxylic acids is 2. The number of aliphatic hydroxyl groups is 1. The number of anilines is 4. The Labute approximate surface area is 412 Å². The fourth-order valence-electron chi connectivity index (χ4n) is 7.75. The molecular weight excluding hydrogens is 976 g/mol. The lowest BCUT2D eigenvalue weighted by Crippen LogP contribution is -2.44. The van der Waals surface area contributed by atoms with Crippen LogP contribution in [0.2, 0.25) is 0 Å². The predicted octanol–water partition coefficient (Wildman–Crippen LogP) is 3.91. The fraction of sp³-hybridized carbons (Fsp3) is 0.511. The first kappa shape index (κ1) is 55.6. The molecule has 0 saturated carbocycles. The lowest BCUT2D eigenvalue weighted by atomic mass is 10.0. The van der Waals surface area contributed by atoms with Gasteiger partial charge in [0.25, 0.3) is 0 Å². The van der Waals surface area contributed by atoms with E-state index >= 15 is 0 Å². The van der Waals surface area contributed by atoms with Gasteiger partial charge in [0.1, 0.15) is 34.8 Å². The van der Waals surface area contributed by atoms with Crippen molar-refractivity contribution in [1.82, 2.24) is 33.9 Å². The smallest absolute Gasteiger partial charge is 0.224 e. The molecule has 20 nitrogen and oxygen atoms in total. The molecule has 6 rings (SSSR count). The lowest BCUT2D eigenvalue weighted by Gasteiger charge is -2.31. The molecule has 2 aliphatic rings. The van der Waals surface area contributed by atoms with Crippen LogP contribution in [0.4, 0.5) is 32.3 Å². The summed E-state index contributed by atoms with van der Waals surface area (Å²) in [5.74, 6) is -0.872. The molecule has 0 radical (unpaired) electrons. The van der Waals surface area contributed by atoms with E-state index in [9.17, 15) is 40.3 Å². The van der Waals surface area contributed by atoms with Gasteiger partial charge in [-0.15, -0.1) is 11.6 Å². The molecule has 384 valence electrons. The highest BCUT2D eigenvalue weighted by Gasteiger charge is 2.30. The minimum absolute atomic E-state index is 0.0148. The number of hydrogen-bond acceptors (Lipinski definition) is 18. The van der Waals surface area contributed by atoms with Crippen LogP contribution in [0.15, 0.2) is 48.8 Å². The van der Waals surface area contributed by atoms with Crippen molar-refractivity contribution >= 4 is 66.7 Å². The third-order valence-electron chi connectivity index (χ3n) is 11.8. The number of nitrogens with two attached hydrogens (primary N) is 2. The normalized spacial score (nSPS) is 15.7. The number of aliphatic hydroxyl groups excluding tert-OH is 1. The summed E-state index contributed by atoms with van der Waals surface area (Å²) < 4.78 is 90.6. The van der Waals surface area contributed by atoms with Gasteiger partial charge in [-0.2, -0.15) is 9.97 Å². The molecule has 0 aliphatic carbocycles. The molecule has 1 atom stereocenters. The molecule has 4 heterocycles. The molecule has 2 fully saturated rings. The SMILES string of the molecule is COc1ccc(F)cc1C(=O)c1cnc(NC2CCN(S(=O)(=O)CCCCl)CC2)nc1N.COc1ccc(F)cc1C(=O)c1cnc(NC2CCN(S(=O)(=O)CCCN[C@@H](CO)C(C)C)CC2)nc1N. The monoisotopic (exact) mass is 1040 g/mol. The number of nitrogens with zero attached hydrogens (tertiary/aromatic N) is 6. The van der Waals surface area contributed by atoms with Crippen LogP contribution in [0.5, 0.6) is 11.5 Å². The second-order valence-electron chi connectivity index (χ2n) is 17.0. The second-order valence-corrected chi connectivity index (χ2v) is 21.5. The number of aromatic nitrogens is 4. The van der Waals surface area contributed by atoms with Crippen LogP contribution in [0.3, 0.4) is 0 Å². The van der Waals surface area contributed by atoms with Gasteiger partial charge in [0.15, 0.2) is 0 Å². The summed E-state index contributed by atoms with van der Waals surface area (Å²) in [6.45, 7) is 6.03. The van der Waals surface area contributed by atoms with E-state index in [1.54, 1.807) is 0 Å². The molecule has 0 bridgehead atoms. The molecule has 2 saturated heterocycles. The van der Waals surface area contributed by atoms with Crippen LogP contribution < -0.4 is 36.9 Å². The Kier molecular flexibility index (Phi) is 20.4. The second kappa shape index (κ2) is 25.7. The number of ether oxygens (including phenoxy) is 2. The van der Waals surface area contributed by atoms with Crippen LogP contribution in [0, 0.1) is 17.6 Å². The first-order chi connectivity index (χ1) is 33.3. The Morgan fingerprint density at radius 1 is 0.743 bits per heavy atom. The zero-order chi connectivity index (χ0) is 51.2. The molecule has 25 heteroatoms. The third-order valence-corrected chi connectivity index (χ3v) is 16.0. The Morgan fingerprint density at radius 3 is 1.51 bits per heavy atom. The lowest BCUT2D eigenvalue weighted by molar-refractivity contribution is 0.102. The molecule has 8 N–H and O–H groups in total. The zero-order valence-electron chi connectivity index (χ0n) is 39.5. The minimum Gasteiger partial charge on any atom is -0.496 e. The molecule has 0 unspecified atom stereocenters. The summed E-state index contributed by atoms with van der Waals surface area (Å²) in [6.07, 6.45) is 5.71. The standard InChI is InChI=1S/C25H37FN6O5S.C20H25ClFN5O4S/c1-16(2)21(15-33)28-9-4-12-38(35,36)32-10-7-18(8-11-32)30-25-29-14-20(24(27)31-25)23(34)19-13-17(26)5-6-22(19)37-3;1-31-17-4-3-13(22)11-15(17)18(28)16-12-24-20(26-19(16)23)25-14-5-8-27(9-6-14)32(29,30)10-2-7-21/h5-6,13-14,16,18,21,28,33H,4,7-12,15H2,1-3H3,(H3,27,29,30,31);3-4,11-12,14H,2,5-10H2,1H3,(H3,23,24,25,26)/t21-;/m0./s1. The van der Waals surface area contributed by atoms with E-state index in [2.05, 4.69) is 35.9 Å². The topological polar surface area (TPSA) is 287 Å². The van der Waals surface area contributed by atoms with Gasteiger partial charge in [-0.05, 0) is 87.4 Å². The van der Waals surface area contributed by atoms with Gasteiger partial charge in [0.2, 0.25) is 43.5 Å². The molecule has 4 aromatic rings. The summed E-state index contributed by atoms with van der Waals surface area (Å²) in [5.41, 5.74) is 12.1. The number of carbonyl (C=O) groups is 2. The molecule has 70 heavy (non-hydrogen) atoms. The average Bonchev–Trinajstić information content (AvgIpc) is 3.33. The number of rotatable bonds is 22. The van der Waals surface area contributed by atoms with Crippen molar-refractivity contribution in [1.29, 1.82) is 0 Å². The maximum absolute atomic E-state index is 13.7. The maximum Gasteiger partial charge on any atom is 0.224 e. The van der Waals surface area contributed by atoms with E-state index in [0.29, 0.717) is 77.1 Å². The van der Waals surface area contributed by atoms with E-state index in [4.69, 9.17) is 32.5 Å². The van der Waals surface area contributed by atoms with Crippen LogP contribution in [0.1, 0.15) is 84.2 Å². The third kappa shape index (κ3) is 15.1. The first-order valence-corrected chi connectivity index (χ1v) is 26.5. The number of alkyl halides is 1. The molecule has 0 spiro atoms. The maximum atomic E-state index is 13.7. The van der Waals surface area contributed by atoms with Crippen LogP contribution in [-0.4, -0.2) is 151 Å². The van der Waals surface area contributed by atoms with Gasteiger partial charge in [-0.25, -0.2) is 44.2 Å². The number of methoxy groups -OCH3 is 2. The number of nitrogen functional groups attached to an aromatic ring is 2. The van der Waals surface area contributed by atoms with Crippen molar-refractivity contribution in [2.75, 3.05) is 93.0 Å². The van der Waals surface area contributed by atoms with Crippen molar-refractivity contribution in [2.45, 2.75) is 70.5 Å². The summed E-state index contributed by atoms with van der Waals surface area (Å²) in [7, 11) is -3.93. The van der Waals surface area contributed by atoms with E-state index in [0.717, 1.165) is 12.1 Å². The molecule has 2 aromatic heterocycles. The molecule has 0 amide bonds. The van der Waals surface area contributed by atoms with Gasteiger partial charge in [0.05, 0.1) is 54.6 Å². The van der Waals surface area contributed by atoms with Crippen molar-refractivity contribution < 1.29 is 49.8 Å². The van der Waals surface area contributed by atoms with Crippen molar-refractivity contribution in [3.63, 3.8) is 0 Å². The van der Waals surface area contributed by atoms with Gasteiger partial charge in [-0.3, -0.25) is 9.59 Å². The largest absolute Gasteiger partial charge is 0.496 e. The fourth-order valence-corrected chi connectivity index (χ4v) is 11.1. The highest BCUT2D eigenvalue weighted by Crippen LogP contribution is 2.27. The predicted molar refractivity (Wildman–Crippen MR) is 263 cm³/mol. The van der Waals surface area contributed by atoms with Gasteiger partial charge >= 0.3 is 0 Å². The van der Waals surface area contributed by atoms with Crippen LogP contribution in [-0.2, 0) is 20.0 Å². The average molecular weight is 1040 g/mol. The number of hydrogen-bond donors (Lipinski definition) is 6. The van der Waals surface area contributed by atoms with E-state index in [1.165, 1.54) is 59.5 Å². The van der Waals surface area contributed by atoms with Gasteiger partial charge < -0.3 is 42.0 Å². The number of halogens is 3. The highest BCUT2D eigenvalue weighted by molar-refractivity contribution is 7.89. The van der Waals surface area contributed by atoms with Crippen LogP contribution >= 0.6 is 11.6 Å². The van der Waals surface area contributed by atoms with Gasteiger partial charge in [0, 0.05) is 62.6 Å². The van der Waals surface area contributed by atoms with Crippen molar-refractivity contribution in [3.05, 3.63) is 82.7 Å². The van der Waals surface area contributed by atoms with Crippen molar-refractivity contribution in [3.8, 4) is 11.5 Å². The Hall–Kier alpha value is -5.37.